The molecule has 2 heteroatoms. The first-order chi connectivity index (χ1) is 6.81. The first-order valence-corrected chi connectivity index (χ1v) is 6.41. The van der Waals surface area contributed by atoms with Gasteiger partial charge in [0, 0.05) is 10.9 Å². The maximum atomic E-state index is 3.48. The normalized spacial score (nSPS) is 12.8. The molecule has 0 spiro atoms. The van der Waals surface area contributed by atoms with Crippen molar-refractivity contribution in [2.45, 2.75) is 31.2 Å². The van der Waals surface area contributed by atoms with Crippen LogP contribution in [0.4, 0.5) is 0 Å². The van der Waals surface area contributed by atoms with Crippen molar-refractivity contribution in [3.05, 3.63) is 29.8 Å². The van der Waals surface area contributed by atoms with Crippen LogP contribution >= 0.6 is 11.8 Å². The average molecular weight is 209 g/mol. The third-order valence-electron chi connectivity index (χ3n) is 2.38. The van der Waals surface area contributed by atoms with E-state index in [9.17, 15) is 0 Å². The average Bonchev–Trinajstić information content (AvgIpc) is 2.26. The summed E-state index contributed by atoms with van der Waals surface area (Å²) >= 11 is 1.79. The van der Waals surface area contributed by atoms with E-state index in [4.69, 9.17) is 0 Å². The lowest BCUT2D eigenvalue weighted by Gasteiger charge is -2.16. The minimum Gasteiger partial charge on any atom is -0.310 e. The summed E-state index contributed by atoms with van der Waals surface area (Å²) < 4.78 is 0. The van der Waals surface area contributed by atoms with Gasteiger partial charge >= 0.3 is 0 Å². The number of benzene rings is 1. The van der Waals surface area contributed by atoms with Crippen molar-refractivity contribution in [1.29, 1.82) is 0 Å². The van der Waals surface area contributed by atoms with Gasteiger partial charge in [-0.3, -0.25) is 0 Å². The van der Waals surface area contributed by atoms with E-state index in [2.05, 4.69) is 49.7 Å². The largest absolute Gasteiger partial charge is 0.310 e. The van der Waals surface area contributed by atoms with Gasteiger partial charge in [0.05, 0.1) is 0 Å². The van der Waals surface area contributed by atoms with Crippen molar-refractivity contribution in [3.63, 3.8) is 0 Å². The first-order valence-electron chi connectivity index (χ1n) is 5.19. The topological polar surface area (TPSA) is 12.0 Å². The highest BCUT2D eigenvalue weighted by molar-refractivity contribution is 7.98. The van der Waals surface area contributed by atoms with E-state index in [-0.39, 0.29) is 0 Å². The SMILES string of the molecule is CCNC(CC)c1ccc(SC)cc1. The molecule has 0 radical (unpaired) electrons. The number of rotatable bonds is 5. The predicted octanol–water partition coefficient (Wildman–Crippen LogP) is 3.47. The zero-order chi connectivity index (χ0) is 10.4. The van der Waals surface area contributed by atoms with Crippen LogP contribution in [-0.2, 0) is 0 Å². The van der Waals surface area contributed by atoms with Crippen molar-refractivity contribution >= 4 is 11.8 Å². The van der Waals surface area contributed by atoms with E-state index in [1.807, 2.05) is 0 Å². The molecular formula is C12H19NS. The molecule has 1 aromatic rings. The highest BCUT2D eigenvalue weighted by atomic mass is 32.2. The molecule has 0 saturated heterocycles. The lowest BCUT2D eigenvalue weighted by molar-refractivity contribution is 0.537. The molecule has 0 aliphatic heterocycles. The van der Waals surface area contributed by atoms with Crippen LogP contribution in [0.3, 0.4) is 0 Å². The van der Waals surface area contributed by atoms with E-state index in [1.165, 1.54) is 10.5 Å². The molecule has 1 N–H and O–H groups in total. The van der Waals surface area contributed by atoms with Crippen molar-refractivity contribution in [2.75, 3.05) is 12.8 Å². The van der Waals surface area contributed by atoms with Gasteiger partial charge in [-0.25, -0.2) is 0 Å². The second kappa shape index (κ2) is 6.10. The lowest BCUT2D eigenvalue weighted by atomic mass is 10.1. The summed E-state index contributed by atoms with van der Waals surface area (Å²) in [6.45, 7) is 5.40. The molecule has 0 bridgehead atoms. The van der Waals surface area contributed by atoms with Crippen molar-refractivity contribution in [3.8, 4) is 0 Å². The Balaban J connectivity index is 2.73. The third-order valence-corrected chi connectivity index (χ3v) is 3.12. The van der Waals surface area contributed by atoms with E-state index in [0.29, 0.717) is 6.04 Å². The number of nitrogens with one attached hydrogen (secondary N) is 1. The summed E-state index contributed by atoms with van der Waals surface area (Å²) in [5.74, 6) is 0. The molecular weight excluding hydrogens is 190 g/mol. The Kier molecular flexibility index (Phi) is 5.05. The summed E-state index contributed by atoms with van der Waals surface area (Å²) in [7, 11) is 0. The standard InChI is InChI=1S/C12H19NS/c1-4-12(13-5-2)10-6-8-11(14-3)9-7-10/h6-9,12-13H,4-5H2,1-3H3. The Morgan fingerprint density at radius 1 is 1.21 bits per heavy atom. The second-order valence-electron chi connectivity index (χ2n) is 3.29. The van der Waals surface area contributed by atoms with Crippen LogP contribution in [0.2, 0.25) is 0 Å². The van der Waals surface area contributed by atoms with Gasteiger partial charge in [-0.15, -0.1) is 11.8 Å². The van der Waals surface area contributed by atoms with Gasteiger partial charge in [0.25, 0.3) is 0 Å². The Bertz CT molecular complexity index is 256. The zero-order valence-electron chi connectivity index (χ0n) is 9.21. The van der Waals surface area contributed by atoms with E-state index < -0.39 is 0 Å². The van der Waals surface area contributed by atoms with Crippen LogP contribution < -0.4 is 5.32 Å². The van der Waals surface area contributed by atoms with Gasteiger partial charge in [-0.2, -0.15) is 0 Å². The summed E-state index contributed by atoms with van der Waals surface area (Å²) in [5, 5.41) is 3.48. The maximum Gasteiger partial charge on any atom is 0.0317 e. The van der Waals surface area contributed by atoms with E-state index >= 15 is 0 Å². The lowest BCUT2D eigenvalue weighted by Crippen LogP contribution is -2.19. The highest BCUT2D eigenvalue weighted by Gasteiger charge is 2.06. The first kappa shape index (κ1) is 11.6. The van der Waals surface area contributed by atoms with Gasteiger partial charge in [0.2, 0.25) is 0 Å². The van der Waals surface area contributed by atoms with Crippen LogP contribution in [0.5, 0.6) is 0 Å². The zero-order valence-corrected chi connectivity index (χ0v) is 10.0. The minimum absolute atomic E-state index is 0.510. The van der Waals surface area contributed by atoms with Gasteiger partial charge in [0.15, 0.2) is 0 Å². The molecule has 14 heavy (non-hydrogen) atoms. The molecule has 1 unspecified atom stereocenters. The van der Waals surface area contributed by atoms with Crippen molar-refractivity contribution in [1.82, 2.24) is 5.32 Å². The Morgan fingerprint density at radius 3 is 2.29 bits per heavy atom. The molecule has 0 fully saturated rings. The number of hydrogen-bond acceptors (Lipinski definition) is 2. The smallest absolute Gasteiger partial charge is 0.0317 e. The van der Waals surface area contributed by atoms with Crippen LogP contribution in [0.1, 0.15) is 31.9 Å². The molecule has 78 valence electrons. The van der Waals surface area contributed by atoms with E-state index in [0.717, 1.165) is 13.0 Å². The summed E-state index contributed by atoms with van der Waals surface area (Å²) in [6, 6.07) is 9.35. The molecule has 1 rings (SSSR count). The summed E-state index contributed by atoms with van der Waals surface area (Å²) in [6.07, 6.45) is 3.25. The fraction of sp³-hybridized carbons (Fsp3) is 0.500. The summed E-state index contributed by atoms with van der Waals surface area (Å²) in [4.78, 5) is 1.33. The van der Waals surface area contributed by atoms with Crippen LogP contribution in [-0.4, -0.2) is 12.8 Å². The molecule has 0 aromatic heterocycles. The Labute approximate surface area is 91.3 Å². The maximum absolute atomic E-state index is 3.48. The predicted molar refractivity (Wildman–Crippen MR) is 64.9 cm³/mol. The van der Waals surface area contributed by atoms with Crippen LogP contribution in [0.15, 0.2) is 29.2 Å². The summed E-state index contributed by atoms with van der Waals surface area (Å²) in [5.41, 5.74) is 1.40. The van der Waals surface area contributed by atoms with Gasteiger partial charge in [-0.05, 0) is 36.9 Å². The van der Waals surface area contributed by atoms with Gasteiger partial charge in [-0.1, -0.05) is 26.0 Å². The van der Waals surface area contributed by atoms with Crippen molar-refractivity contribution < 1.29 is 0 Å². The van der Waals surface area contributed by atoms with Gasteiger partial charge < -0.3 is 5.32 Å². The highest BCUT2D eigenvalue weighted by Crippen LogP contribution is 2.20. The van der Waals surface area contributed by atoms with Crippen LogP contribution in [0.25, 0.3) is 0 Å². The fourth-order valence-corrected chi connectivity index (χ4v) is 1.99. The molecule has 0 heterocycles. The molecule has 1 aromatic carbocycles. The van der Waals surface area contributed by atoms with Crippen LogP contribution in [0, 0.1) is 0 Å². The van der Waals surface area contributed by atoms with Crippen molar-refractivity contribution in [2.24, 2.45) is 0 Å². The quantitative estimate of drug-likeness (QED) is 0.745. The number of hydrogen-bond donors (Lipinski definition) is 1. The minimum atomic E-state index is 0.510. The third kappa shape index (κ3) is 3.03. The molecule has 0 aliphatic rings. The Hall–Kier alpha value is -0.470. The molecule has 1 atom stereocenters. The molecule has 0 saturated carbocycles. The van der Waals surface area contributed by atoms with Gasteiger partial charge in [0.1, 0.15) is 0 Å². The number of thioether (sulfide) groups is 1. The molecule has 0 amide bonds. The molecule has 0 aliphatic carbocycles. The Morgan fingerprint density at radius 2 is 1.86 bits per heavy atom. The monoisotopic (exact) mass is 209 g/mol. The molecule has 1 nitrogen and oxygen atoms in total. The fourth-order valence-electron chi connectivity index (χ4n) is 1.58. The van der Waals surface area contributed by atoms with E-state index in [1.54, 1.807) is 11.8 Å². The second-order valence-corrected chi connectivity index (χ2v) is 4.17.